The molecule has 2 aliphatic rings. The van der Waals surface area contributed by atoms with Crippen molar-refractivity contribution in [3.05, 3.63) is 35.9 Å². The van der Waals surface area contributed by atoms with Gasteiger partial charge in [-0.1, -0.05) is 30.3 Å². The third-order valence-corrected chi connectivity index (χ3v) is 5.29. The highest BCUT2D eigenvalue weighted by atomic mass is 16.4. The quantitative estimate of drug-likeness (QED) is 0.721. The Hall–Kier alpha value is -2.04. The first-order chi connectivity index (χ1) is 12.1. The van der Waals surface area contributed by atoms with Gasteiger partial charge in [-0.3, -0.25) is 4.79 Å². The standard InChI is InChI=1S/C20H28N2O3/c23-19(24)12-11-17(13-15-5-2-1-3-6-15)21-20(25)22(14-16-9-10-16)18-7-4-8-18/h1-3,5-6,16-18H,4,7-14H2,(H,21,25)(H,23,24). The minimum Gasteiger partial charge on any atom is -0.481 e. The molecule has 0 aromatic heterocycles. The van der Waals surface area contributed by atoms with Crippen LogP contribution in [-0.4, -0.2) is 40.6 Å². The SMILES string of the molecule is O=C(O)CCC(Cc1ccccc1)NC(=O)N(CC1CC1)C1CCC1. The summed E-state index contributed by atoms with van der Waals surface area (Å²) < 4.78 is 0. The fourth-order valence-electron chi connectivity index (χ4n) is 3.35. The molecule has 3 rings (SSSR count). The number of hydrogen-bond acceptors (Lipinski definition) is 2. The minimum absolute atomic E-state index is 0.0112. The normalized spacial score (nSPS) is 18.2. The molecule has 1 aromatic carbocycles. The molecule has 2 saturated carbocycles. The van der Waals surface area contributed by atoms with E-state index in [1.165, 1.54) is 19.3 Å². The molecule has 1 aromatic rings. The molecule has 0 heterocycles. The maximum absolute atomic E-state index is 12.9. The number of amides is 2. The summed E-state index contributed by atoms with van der Waals surface area (Å²) in [7, 11) is 0. The van der Waals surface area contributed by atoms with Crippen LogP contribution >= 0.6 is 0 Å². The van der Waals surface area contributed by atoms with Crippen molar-refractivity contribution in [2.24, 2.45) is 5.92 Å². The first-order valence-corrected chi connectivity index (χ1v) is 9.44. The van der Waals surface area contributed by atoms with E-state index >= 15 is 0 Å². The molecule has 0 aliphatic heterocycles. The number of urea groups is 1. The number of aliphatic carboxylic acids is 1. The summed E-state index contributed by atoms with van der Waals surface area (Å²) in [4.78, 5) is 25.8. The molecule has 2 fully saturated rings. The van der Waals surface area contributed by atoms with Gasteiger partial charge < -0.3 is 15.3 Å². The lowest BCUT2D eigenvalue weighted by atomic mass is 9.91. The third kappa shape index (κ3) is 5.48. The number of benzene rings is 1. The first-order valence-electron chi connectivity index (χ1n) is 9.44. The molecule has 5 nitrogen and oxygen atoms in total. The average molecular weight is 344 g/mol. The van der Waals surface area contributed by atoms with Crippen molar-refractivity contribution in [3.63, 3.8) is 0 Å². The second-order valence-electron chi connectivity index (χ2n) is 7.45. The van der Waals surface area contributed by atoms with Crippen LogP contribution in [0, 0.1) is 5.92 Å². The average Bonchev–Trinajstić information content (AvgIpc) is 3.35. The second kappa shape index (κ2) is 8.37. The van der Waals surface area contributed by atoms with Gasteiger partial charge in [0.2, 0.25) is 0 Å². The van der Waals surface area contributed by atoms with E-state index < -0.39 is 5.97 Å². The van der Waals surface area contributed by atoms with Gasteiger partial charge in [0.1, 0.15) is 0 Å². The van der Waals surface area contributed by atoms with Crippen molar-refractivity contribution in [3.8, 4) is 0 Å². The fraction of sp³-hybridized carbons (Fsp3) is 0.600. The lowest BCUT2D eigenvalue weighted by molar-refractivity contribution is -0.137. The van der Waals surface area contributed by atoms with E-state index in [0.717, 1.165) is 24.9 Å². The van der Waals surface area contributed by atoms with Crippen LogP contribution in [-0.2, 0) is 11.2 Å². The summed E-state index contributed by atoms with van der Waals surface area (Å²) in [6.07, 6.45) is 7.04. The Labute approximate surface area is 149 Å². The summed E-state index contributed by atoms with van der Waals surface area (Å²) in [6, 6.07) is 10.2. The highest BCUT2D eigenvalue weighted by Gasteiger charge is 2.34. The van der Waals surface area contributed by atoms with Gasteiger partial charge in [0.05, 0.1) is 0 Å². The van der Waals surface area contributed by atoms with Gasteiger partial charge in [0.25, 0.3) is 0 Å². The van der Waals surface area contributed by atoms with Crippen LogP contribution < -0.4 is 5.32 Å². The molecular weight excluding hydrogens is 316 g/mol. The Kier molecular flexibility index (Phi) is 5.95. The number of carboxylic acids is 1. The van der Waals surface area contributed by atoms with Crippen LogP contribution in [0.4, 0.5) is 4.79 Å². The Morgan fingerprint density at radius 1 is 1.16 bits per heavy atom. The third-order valence-electron chi connectivity index (χ3n) is 5.29. The Morgan fingerprint density at radius 2 is 1.88 bits per heavy atom. The summed E-state index contributed by atoms with van der Waals surface area (Å²) in [5, 5.41) is 12.1. The number of carbonyl (C=O) groups is 2. The van der Waals surface area contributed by atoms with Crippen LogP contribution in [0.15, 0.2) is 30.3 Å². The van der Waals surface area contributed by atoms with Crippen molar-refractivity contribution in [1.29, 1.82) is 0 Å². The van der Waals surface area contributed by atoms with Gasteiger partial charge in [0.15, 0.2) is 0 Å². The van der Waals surface area contributed by atoms with E-state index in [9.17, 15) is 9.59 Å². The molecule has 25 heavy (non-hydrogen) atoms. The number of hydrogen-bond donors (Lipinski definition) is 2. The molecule has 0 bridgehead atoms. The smallest absolute Gasteiger partial charge is 0.317 e. The lowest BCUT2D eigenvalue weighted by Crippen LogP contribution is -2.52. The van der Waals surface area contributed by atoms with E-state index in [1.54, 1.807) is 0 Å². The van der Waals surface area contributed by atoms with Crippen molar-refractivity contribution in [2.75, 3.05) is 6.54 Å². The van der Waals surface area contributed by atoms with Crippen LogP contribution in [0.3, 0.4) is 0 Å². The van der Waals surface area contributed by atoms with Crippen molar-refractivity contribution < 1.29 is 14.7 Å². The molecule has 2 N–H and O–H groups in total. The minimum atomic E-state index is -0.818. The molecule has 2 aliphatic carbocycles. The summed E-state index contributed by atoms with van der Waals surface area (Å²) in [5.41, 5.74) is 1.12. The monoisotopic (exact) mass is 344 g/mol. The maximum Gasteiger partial charge on any atom is 0.317 e. The highest BCUT2D eigenvalue weighted by Crippen LogP contribution is 2.33. The van der Waals surface area contributed by atoms with E-state index in [2.05, 4.69) is 5.32 Å². The van der Waals surface area contributed by atoms with E-state index in [0.29, 0.717) is 24.8 Å². The Morgan fingerprint density at radius 3 is 2.44 bits per heavy atom. The topological polar surface area (TPSA) is 69.6 Å². The van der Waals surface area contributed by atoms with E-state index in [-0.39, 0.29) is 18.5 Å². The van der Waals surface area contributed by atoms with Gasteiger partial charge in [0, 0.05) is 25.0 Å². The zero-order valence-electron chi connectivity index (χ0n) is 14.7. The highest BCUT2D eigenvalue weighted by molar-refractivity contribution is 5.75. The molecule has 1 atom stereocenters. The van der Waals surface area contributed by atoms with Gasteiger partial charge in [-0.05, 0) is 56.4 Å². The summed E-state index contributed by atoms with van der Waals surface area (Å²) in [6.45, 7) is 0.855. The van der Waals surface area contributed by atoms with Crippen molar-refractivity contribution in [1.82, 2.24) is 10.2 Å². The molecule has 0 saturated heterocycles. The molecule has 136 valence electrons. The Bertz CT molecular complexity index is 582. The number of nitrogens with one attached hydrogen (secondary N) is 1. The predicted molar refractivity (Wildman–Crippen MR) is 96.4 cm³/mol. The van der Waals surface area contributed by atoms with Crippen LogP contribution in [0.5, 0.6) is 0 Å². The molecule has 0 radical (unpaired) electrons. The molecular formula is C20H28N2O3. The molecule has 5 heteroatoms. The fourth-order valence-corrected chi connectivity index (χ4v) is 3.35. The van der Waals surface area contributed by atoms with Crippen LogP contribution in [0.25, 0.3) is 0 Å². The number of rotatable bonds is 9. The van der Waals surface area contributed by atoms with Gasteiger partial charge in [-0.15, -0.1) is 0 Å². The number of carbonyl (C=O) groups excluding carboxylic acids is 1. The number of nitrogens with zero attached hydrogens (tertiary/aromatic N) is 1. The summed E-state index contributed by atoms with van der Waals surface area (Å²) >= 11 is 0. The molecule has 2 amide bonds. The van der Waals surface area contributed by atoms with Gasteiger partial charge >= 0.3 is 12.0 Å². The Balaban J connectivity index is 1.61. The lowest BCUT2D eigenvalue weighted by Gasteiger charge is -2.38. The zero-order valence-corrected chi connectivity index (χ0v) is 14.7. The van der Waals surface area contributed by atoms with Gasteiger partial charge in [-0.25, -0.2) is 4.79 Å². The van der Waals surface area contributed by atoms with E-state index in [1.807, 2.05) is 35.2 Å². The maximum atomic E-state index is 12.9. The predicted octanol–water partition coefficient (Wildman–Crippen LogP) is 3.44. The van der Waals surface area contributed by atoms with Crippen LogP contribution in [0.2, 0.25) is 0 Å². The van der Waals surface area contributed by atoms with Crippen molar-refractivity contribution >= 4 is 12.0 Å². The molecule has 1 unspecified atom stereocenters. The first kappa shape index (κ1) is 17.8. The van der Waals surface area contributed by atoms with E-state index in [4.69, 9.17) is 5.11 Å². The summed E-state index contributed by atoms with van der Waals surface area (Å²) in [5.74, 6) is -0.154. The largest absolute Gasteiger partial charge is 0.481 e. The zero-order chi connectivity index (χ0) is 17.6. The van der Waals surface area contributed by atoms with Crippen LogP contribution in [0.1, 0.15) is 50.5 Å². The number of carboxylic acid groups (broad SMARTS) is 1. The second-order valence-corrected chi connectivity index (χ2v) is 7.45. The van der Waals surface area contributed by atoms with Gasteiger partial charge in [-0.2, -0.15) is 0 Å². The van der Waals surface area contributed by atoms with Crippen molar-refractivity contribution in [2.45, 2.75) is 63.5 Å². The molecule has 0 spiro atoms.